The summed E-state index contributed by atoms with van der Waals surface area (Å²) in [5, 5.41) is 8.76. The van der Waals surface area contributed by atoms with Gasteiger partial charge in [0.15, 0.2) is 11.6 Å². The molecule has 0 N–H and O–H groups in total. The van der Waals surface area contributed by atoms with Gasteiger partial charge in [-0.15, -0.1) is 0 Å². The van der Waals surface area contributed by atoms with Crippen LogP contribution in [0.15, 0.2) is 36.4 Å². The molecule has 0 saturated heterocycles. The van der Waals surface area contributed by atoms with Crippen LogP contribution < -0.4 is 4.74 Å². The van der Waals surface area contributed by atoms with Gasteiger partial charge >= 0.3 is 0 Å². The Labute approximate surface area is 185 Å². The third kappa shape index (κ3) is 6.53. The van der Waals surface area contributed by atoms with Gasteiger partial charge in [-0.25, -0.2) is 4.39 Å². The molecule has 1 aliphatic carbocycles. The number of unbranched alkanes of at least 4 members (excludes halogenated alkanes) is 4. The van der Waals surface area contributed by atoms with Gasteiger partial charge in [0, 0.05) is 0 Å². The predicted octanol–water partition coefficient (Wildman–Crippen LogP) is 8.05. The minimum atomic E-state index is -1.16. The second-order valence-corrected chi connectivity index (χ2v) is 8.80. The van der Waals surface area contributed by atoms with Crippen LogP contribution in [-0.2, 0) is 6.61 Å². The first-order valence-corrected chi connectivity index (χ1v) is 11.7. The Morgan fingerprint density at radius 3 is 2.29 bits per heavy atom. The highest BCUT2D eigenvalue weighted by Gasteiger charge is 2.22. The zero-order valence-electron chi connectivity index (χ0n) is 18.5. The van der Waals surface area contributed by atoms with Gasteiger partial charge in [-0.2, -0.15) is 9.65 Å². The Bertz CT molecular complexity index is 864. The Kier molecular flexibility index (Phi) is 8.88. The Balaban J connectivity index is 1.45. The highest BCUT2D eigenvalue weighted by atomic mass is 19.2. The van der Waals surface area contributed by atoms with E-state index in [1.807, 2.05) is 12.1 Å². The fourth-order valence-corrected chi connectivity index (χ4v) is 4.60. The fourth-order valence-electron chi connectivity index (χ4n) is 4.60. The van der Waals surface area contributed by atoms with Crippen LogP contribution >= 0.6 is 0 Å². The zero-order chi connectivity index (χ0) is 22.1. The van der Waals surface area contributed by atoms with E-state index in [4.69, 9.17) is 10.00 Å². The molecule has 0 radical (unpaired) electrons. The standard InChI is InChI=1S/C27H33F2NO/c1-2-3-4-5-6-7-20-8-12-22(13-9-20)23-14-10-21(11-15-23)19-31-25-17-16-24(18-30)26(28)27(25)29/h10-11,14-17,20,22H,2-9,12-13,19H2,1H3/t20-,22-. The lowest BCUT2D eigenvalue weighted by atomic mass is 9.77. The van der Waals surface area contributed by atoms with Gasteiger partial charge in [-0.1, -0.05) is 69.7 Å². The van der Waals surface area contributed by atoms with Crippen molar-refractivity contribution in [2.45, 2.75) is 83.7 Å². The summed E-state index contributed by atoms with van der Waals surface area (Å²) in [5.74, 6) is -0.928. The molecule has 0 aromatic heterocycles. The number of rotatable bonds is 10. The zero-order valence-corrected chi connectivity index (χ0v) is 18.5. The largest absolute Gasteiger partial charge is 0.486 e. The average Bonchev–Trinajstić information content (AvgIpc) is 2.81. The average molecular weight is 426 g/mol. The lowest BCUT2D eigenvalue weighted by Crippen LogP contribution is -2.13. The molecule has 3 rings (SSSR count). The van der Waals surface area contributed by atoms with Crippen molar-refractivity contribution < 1.29 is 13.5 Å². The Morgan fingerprint density at radius 2 is 1.61 bits per heavy atom. The molecule has 31 heavy (non-hydrogen) atoms. The van der Waals surface area contributed by atoms with E-state index in [1.54, 1.807) is 6.07 Å². The smallest absolute Gasteiger partial charge is 0.202 e. The molecule has 1 fully saturated rings. The lowest BCUT2D eigenvalue weighted by molar-refractivity contribution is 0.284. The number of ether oxygens (including phenoxy) is 1. The van der Waals surface area contributed by atoms with Crippen molar-refractivity contribution in [1.82, 2.24) is 0 Å². The van der Waals surface area contributed by atoms with Gasteiger partial charge in [-0.3, -0.25) is 0 Å². The fraction of sp³-hybridized carbons (Fsp3) is 0.519. The van der Waals surface area contributed by atoms with Gasteiger partial charge < -0.3 is 4.74 Å². The molecule has 0 heterocycles. The monoisotopic (exact) mass is 425 g/mol. The highest BCUT2D eigenvalue weighted by Crippen LogP contribution is 2.38. The Morgan fingerprint density at radius 1 is 0.903 bits per heavy atom. The van der Waals surface area contributed by atoms with Crippen molar-refractivity contribution in [3.63, 3.8) is 0 Å². The molecular formula is C27H33F2NO. The van der Waals surface area contributed by atoms with E-state index in [0.717, 1.165) is 11.5 Å². The van der Waals surface area contributed by atoms with Gasteiger partial charge in [0.05, 0.1) is 5.56 Å². The predicted molar refractivity (Wildman–Crippen MR) is 120 cm³/mol. The van der Waals surface area contributed by atoms with Crippen LogP contribution in [0, 0.1) is 28.9 Å². The molecule has 1 aliphatic rings. The SMILES string of the molecule is CCCCCCC[C@H]1CC[C@H](c2ccc(COc3ccc(C#N)c(F)c3F)cc2)CC1. The number of nitriles is 1. The summed E-state index contributed by atoms with van der Waals surface area (Å²) in [6, 6.07) is 12.5. The molecule has 0 unspecified atom stereocenters. The second-order valence-electron chi connectivity index (χ2n) is 8.80. The van der Waals surface area contributed by atoms with E-state index in [9.17, 15) is 8.78 Å². The van der Waals surface area contributed by atoms with Gasteiger partial charge in [-0.05, 0) is 60.8 Å². The van der Waals surface area contributed by atoms with Crippen LogP contribution in [0.1, 0.15) is 93.7 Å². The molecule has 0 bridgehead atoms. The van der Waals surface area contributed by atoms with E-state index >= 15 is 0 Å². The molecule has 2 nitrogen and oxygen atoms in total. The number of nitrogens with zero attached hydrogens (tertiary/aromatic N) is 1. The summed E-state index contributed by atoms with van der Waals surface area (Å²) < 4.78 is 33.1. The summed E-state index contributed by atoms with van der Waals surface area (Å²) in [7, 11) is 0. The van der Waals surface area contributed by atoms with Crippen LogP contribution in [0.3, 0.4) is 0 Å². The minimum absolute atomic E-state index is 0.160. The summed E-state index contributed by atoms with van der Waals surface area (Å²) in [4.78, 5) is 0. The maximum absolute atomic E-state index is 14.0. The van der Waals surface area contributed by atoms with Crippen molar-refractivity contribution >= 4 is 0 Å². The third-order valence-electron chi connectivity index (χ3n) is 6.58. The number of halogens is 2. The first-order chi connectivity index (χ1) is 15.1. The summed E-state index contributed by atoms with van der Waals surface area (Å²) in [5.41, 5.74) is 1.95. The second kappa shape index (κ2) is 11.8. The molecule has 2 aromatic rings. The molecule has 1 saturated carbocycles. The van der Waals surface area contributed by atoms with Crippen LogP contribution in [0.5, 0.6) is 5.75 Å². The quantitative estimate of drug-likeness (QED) is 0.361. The van der Waals surface area contributed by atoms with Gasteiger partial charge in [0.25, 0.3) is 0 Å². The highest BCUT2D eigenvalue weighted by molar-refractivity contribution is 5.38. The van der Waals surface area contributed by atoms with Crippen LogP contribution in [0.4, 0.5) is 8.78 Å². The summed E-state index contributed by atoms with van der Waals surface area (Å²) in [6.07, 6.45) is 13.4. The van der Waals surface area contributed by atoms with Crippen molar-refractivity contribution in [3.05, 3.63) is 64.7 Å². The summed E-state index contributed by atoms with van der Waals surface area (Å²) in [6.45, 7) is 2.42. The first kappa shape index (κ1) is 23.3. The first-order valence-electron chi connectivity index (χ1n) is 11.7. The van der Waals surface area contributed by atoms with E-state index < -0.39 is 11.6 Å². The molecule has 4 heteroatoms. The minimum Gasteiger partial charge on any atom is -0.486 e. The van der Waals surface area contributed by atoms with Crippen LogP contribution in [0.25, 0.3) is 0 Å². The van der Waals surface area contributed by atoms with Crippen molar-refractivity contribution in [1.29, 1.82) is 5.26 Å². The molecular weight excluding hydrogens is 392 g/mol. The molecule has 0 atom stereocenters. The van der Waals surface area contributed by atoms with E-state index in [0.29, 0.717) is 5.92 Å². The van der Waals surface area contributed by atoms with Crippen molar-refractivity contribution in [2.75, 3.05) is 0 Å². The van der Waals surface area contributed by atoms with E-state index in [-0.39, 0.29) is 17.9 Å². The molecule has 0 aliphatic heterocycles. The third-order valence-corrected chi connectivity index (χ3v) is 6.58. The van der Waals surface area contributed by atoms with Crippen LogP contribution in [-0.4, -0.2) is 0 Å². The normalized spacial score (nSPS) is 18.5. The van der Waals surface area contributed by atoms with Gasteiger partial charge in [0.1, 0.15) is 12.7 Å². The number of hydrogen-bond donors (Lipinski definition) is 0. The number of hydrogen-bond acceptors (Lipinski definition) is 2. The summed E-state index contributed by atoms with van der Waals surface area (Å²) >= 11 is 0. The van der Waals surface area contributed by atoms with Crippen LogP contribution in [0.2, 0.25) is 0 Å². The van der Waals surface area contributed by atoms with Crippen molar-refractivity contribution in [3.8, 4) is 11.8 Å². The van der Waals surface area contributed by atoms with Crippen molar-refractivity contribution in [2.24, 2.45) is 5.92 Å². The molecule has 166 valence electrons. The molecule has 2 aromatic carbocycles. The molecule has 0 spiro atoms. The maximum Gasteiger partial charge on any atom is 0.202 e. The Hall–Kier alpha value is -2.41. The maximum atomic E-state index is 14.0. The number of benzene rings is 2. The molecule has 0 amide bonds. The van der Waals surface area contributed by atoms with Gasteiger partial charge in [0.2, 0.25) is 5.82 Å². The van der Waals surface area contributed by atoms with E-state index in [1.165, 1.54) is 81.9 Å². The topological polar surface area (TPSA) is 33.0 Å². The lowest BCUT2D eigenvalue weighted by Gasteiger charge is -2.29. The van der Waals surface area contributed by atoms with E-state index in [2.05, 4.69) is 19.1 Å².